The summed E-state index contributed by atoms with van der Waals surface area (Å²) >= 11 is 0. The number of aryl methyl sites for hydroxylation is 2. The van der Waals surface area contributed by atoms with Crippen molar-refractivity contribution in [1.82, 2.24) is 9.62 Å². The Balaban J connectivity index is 1.54. The highest BCUT2D eigenvalue weighted by atomic mass is 32.2. The molecule has 0 aliphatic carbocycles. The molecule has 0 radical (unpaired) electrons. The summed E-state index contributed by atoms with van der Waals surface area (Å²) in [6.45, 7) is 3.48. The molecule has 34 heavy (non-hydrogen) atoms. The van der Waals surface area contributed by atoms with Gasteiger partial charge in [-0.2, -0.15) is 17.5 Å². The fourth-order valence-electron chi connectivity index (χ4n) is 3.85. The lowest BCUT2D eigenvalue weighted by molar-refractivity contribution is -0.137. The Kier molecular flexibility index (Phi) is 7.67. The third-order valence-corrected chi connectivity index (χ3v) is 7.69. The summed E-state index contributed by atoms with van der Waals surface area (Å²) < 4.78 is 65.5. The second-order valence-electron chi connectivity index (χ2n) is 8.24. The van der Waals surface area contributed by atoms with Gasteiger partial charge in [0.15, 0.2) is 0 Å². The fraction of sp³-hybridized carbons (Fsp3) is 0.391. The minimum atomic E-state index is -4.65. The van der Waals surface area contributed by atoms with Crippen LogP contribution in [0, 0.1) is 19.8 Å². The number of nitrogens with one attached hydrogen (secondary N) is 2. The Hall–Kier alpha value is -2.92. The largest absolute Gasteiger partial charge is 0.416 e. The van der Waals surface area contributed by atoms with E-state index in [1.165, 1.54) is 0 Å². The average Bonchev–Trinajstić information content (AvgIpc) is 2.79. The molecule has 0 bridgehead atoms. The lowest BCUT2D eigenvalue weighted by Gasteiger charge is -2.30. The van der Waals surface area contributed by atoms with Gasteiger partial charge in [0.25, 0.3) is 0 Å². The maximum Gasteiger partial charge on any atom is 0.416 e. The fourth-order valence-corrected chi connectivity index (χ4v) is 5.36. The number of nitrogens with zero attached hydrogens (tertiary/aromatic N) is 1. The van der Waals surface area contributed by atoms with Gasteiger partial charge in [0.2, 0.25) is 21.8 Å². The molecule has 184 valence electrons. The van der Waals surface area contributed by atoms with Crippen LogP contribution < -0.4 is 10.6 Å². The number of halogens is 3. The normalized spacial score (nSPS) is 15.7. The molecule has 3 rings (SSSR count). The second kappa shape index (κ2) is 10.1. The molecule has 1 fully saturated rings. The van der Waals surface area contributed by atoms with Crippen molar-refractivity contribution in [2.75, 3.05) is 25.0 Å². The maximum atomic E-state index is 12.9. The summed E-state index contributed by atoms with van der Waals surface area (Å²) in [5.41, 5.74) is 1.44. The zero-order chi connectivity index (χ0) is 25.1. The summed E-state index contributed by atoms with van der Waals surface area (Å²) in [5, 5.41) is 5.35. The van der Waals surface area contributed by atoms with E-state index < -0.39 is 32.6 Å². The molecule has 1 aliphatic rings. The first-order valence-corrected chi connectivity index (χ1v) is 12.1. The number of benzene rings is 2. The van der Waals surface area contributed by atoms with Crippen molar-refractivity contribution < 1.29 is 31.2 Å². The first-order chi connectivity index (χ1) is 15.9. The van der Waals surface area contributed by atoms with Gasteiger partial charge in [0.05, 0.1) is 17.0 Å². The second-order valence-corrected chi connectivity index (χ2v) is 10.2. The Morgan fingerprint density at radius 3 is 2.21 bits per heavy atom. The summed E-state index contributed by atoms with van der Waals surface area (Å²) in [5.74, 6) is -1.25. The van der Waals surface area contributed by atoms with E-state index in [0.29, 0.717) is 11.8 Å². The standard InChI is InChI=1S/C23H26F3N3O4S/c1-15-5-3-6-16(2)21(15)28-20(30)14-27-22(31)17-9-11-29(12-10-17)34(32,33)19-8-4-7-18(13-19)23(24,25)26/h3-8,13,17H,9-12,14H2,1-2H3,(H,27,31)(H,28,30). The number of carbonyl (C=O) groups excluding carboxylic acids is 2. The van der Waals surface area contributed by atoms with E-state index in [1.807, 2.05) is 32.0 Å². The van der Waals surface area contributed by atoms with Gasteiger partial charge in [0, 0.05) is 24.7 Å². The lowest BCUT2D eigenvalue weighted by Crippen LogP contribution is -2.44. The summed E-state index contributed by atoms with van der Waals surface area (Å²) in [7, 11) is -4.12. The van der Waals surface area contributed by atoms with Crippen LogP contribution in [0.1, 0.15) is 29.5 Å². The van der Waals surface area contributed by atoms with Crippen LogP contribution in [0.15, 0.2) is 47.4 Å². The van der Waals surface area contributed by atoms with Crippen LogP contribution in [0.2, 0.25) is 0 Å². The number of piperidine rings is 1. The van der Waals surface area contributed by atoms with Gasteiger partial charge >= 0.3 is 6.18 Å². The van der Waals surface area contributed by atoms with E-state index in [4.69, 9.17) is 0 Å². The minimum absolute atomic E-state index is 0.00866. The molecule has 2 aromatic carbocycles. The first kappa shape index (κ1) is 25.7. The van der Waals surface area contributed by atoms with Gasteiger partial charge in [0.1, 0.15) is 0 Å². The van der Waals surface area contributed by atoms with Gasteiger partial charge in [-0.15, -0.1) is 0 Å². The smallest absolute Gasteiger partial charge is 0.347 e. The predicted octanol–water partition coefficient (Wildman–Crippen LogP) is 3.48. The molecule has 1 saturated heterocycles. The van der Waals surface area contributed by atoms with Crippen LogP contribution in [0.25, 0.3) is 0 Å². The molecule has 2 N–H and O–H groups in total. The number of para-hydroxylation sites is 1. The van der Waals surface area contributed by atoms with Gasteiger partial charge in [-0.25, -0.2) is 8.42 Å². The van der Waals surface area contributed by atoms with E-state index in [2.05, 4.69) is 10.6 Å². The van der Waals surface area contributed by atoms with Gasteiger partial charge in [-0.3, -0.25) is 9.59 Å². The molecular weight excluding hydrogens is 471 g/mol. The highest BCUT2D eigenvalue weighted by Gasteiger charge is 2.35. The zero-order valence-electron chi connectivity index (χ0n) is 18.8. The number of sulfonamides is 1. The van der Waals surface area contributed by atoms with Crippen LogP contribution in [-0.2, 0) is 25.8 Å². The maximum absolute atomic E-state index is 12.9. The van der Waals surface area contributed by atoms with Crippen molar-refractivity contribution >= 4 is 27.5 Å². The molecule has 0 spiro atoms. The number of hydrogen-bond acceptors (Lipinski definition) is 4. The summed E-state index contributed by atoms with van der Waals surface area (Å²) in [6, 6.07) is 9.21. The third-order valence-electron chi connectivity index (χ3n) is 5.79. The van der Waals surface area contributed by atoms with Crippen LogP contribution in [0.5, 0.6) is 0 Å². The van der Waals surface area contributed by atoms with Gasteiger partial charge in [-0.1, -0.05) is 24.3 Å². The Labute approximate surface area is 196 Å². The molecule has 0 saturated carbocycles. The number of alkyl halides is 3. The molecule has 1 heterocycles. The van der Waals surface area contributed by atoms with Gasteiger partial charge < -0.3 is 10.6 Å². The molecular formula is C23H26F3N3O4S. The van der Waals surface area contributed by atoms with Crippen LogP contribution >= 0.6 is 0 Å². The Morgan fingerprint density at radius 1 is 1.03 bits per heavy atom. The minimum Gasteiger partial charge on any atom is -0.347 e. The van der Waals surface area contributed by atoms with Crippen LogP contribution in [0.3, 0.4) is 0 Å². The Bertz CT molecular complexity index is 1150. The van der Waals surface area contributed by atoms with Crippen LogP contribution in [-0.4, -0.2) is 44.2 Å². The van der Waals surface area contributed by atoms with Crippen molar-refractivity contribution in [2.24, 2.45) is 5.92 Å². The van der Waals surface area contributed by atoms with E-state index in [1.54, 1.807) is 0 Å². The molecule has 1 aliphatic heterocycles. The SMILES string of the molecule is Cc1cccc(C)c1NC(=O)CNC(=O)C1CCN(S(=O)(=O)c2cccc(C(F)(F)F)c2)CC1. The lowest BCUT2D eigenvalue weighted by atomic mass is 9.97. The molecule has 2 aromatic rings. The number of hydrogen-bond donors (Lipinski definition) is 2. The number of rotatable bonds is 6. The Morgan fingerprint density at radius 2 is 1.62 bits per heavy atom. The zero-order valence-corrected chi connectivity index (χ0v) is 19.6. The topological polar surface area (TPSA) is 95.6 Å². The molecule has 0 aromatic heterocycles. The van der Waals surface area contributed by atoms with Crippen LogP contribution in [0.4, 0.5) is 18.9 Å². The molecule has 0 atom stereocenters. The molecule has 0 unspecified atom stereocenters. The van der Waals surface area contributed by atoms with E-state index in [0.717, 1.165) is 33.6 Å². The predicted molar refractivity (Wildman–Crippen MR) is 120 cm³/mol. The number of amides is 2. The molecule has 7 nitrogen and oxygen atoms in total. The van der Waals surface area contributed by atoms with Crippen molar-refractivity contribution in [2.45, 2.75) is 37.8 Å². The average molecular weight is 498 g/mol. The molecule has 11 heteroatoms. The summed E-state index contributed by atoms with van der Waals surface area (Å²) in [6.07, 6.45) is -4.26. The monoisotopic (exact) mass is 497 g/mol. The number of anilines is 1. The van der Waals surface area contributed by atoms with Gasteiger partial charge in [-0.05, 0) is 56.0 Å². The quantitative estimate of drug-likeness (QED) is 0.639. The van der Waals surface area contributed by atoms with E-state index in [9.17, 15) is 31.2 Å². The van der Waals surface area contributed by atoms with Crippen molar-refractivity contribution in [1.29, 1.82) is 0 Å². The first-order valence-electron chi connectivity index (χ1n) is 10.7. The summed E-state index contributed by atoms with van der Waals surface area (Å²) in [4.78, 5) is 24.3. The highest BCUT2D eigenvalue weighted by molar-refractivity contribution is 7.89. The third kappa shape index (κ3) is 5.95. The van der Waals surface area contributed by atoms with E-state index >= 15 is 0 Å². The molecule has 2 amide bonds. The van der Waals surface area contributed by atoms with Crippen molar-refractivity contribution in [3.8, 4) is 0 Å². The number of carbonyl (C=O) groups is 2. The highest BCUT2D eigenvalue weighted by Crippen LogP contribution is 2.32. The van der Waals surface area contributed by atoms with Crippen molar-refractivity contribution in [3.05, 3.63) is 59.2 Å². The van der Waals surface area contributed by atoms with E-state index in [-0.39, 0.29) is 44.3 Å². The van der Waals surface area contributed by atoms with Crippen molar-refractivity contribution in [3.63, 3.8) is 0 Å².